The predicted octanol–water partition coefficient (Wildman–Crippen LogP) is 2.04. The molecule has 0 unspecified atom stereocenters. The predicted molar refractivity (Wildman–Crippen MR) is 73.4 cm³/mol. The summed E-state index contributed by atoms with van der Waals surface area (Å²) in [5.41, 5.74) is 5.50. The van der Waals surface area contributed by atoms with Gasteiger partial charge in [0.05, 0.1) is 6.54 Å². The smallest absolute Gasteiger partial charge is 0.205 e. The standard InChI is InChI=1S/C14H15ClN2O2/c15-10-5-2-1-4-9(10)14-7-3-6-11(13(14)18)19-12(8-16)17-14/h1-2,4-5,11H,3,6-8,16H2/t11-,14-/m1/s1. The molecule has 0 radical (unpaired) electrons. The van der Waals surface area contributed by atoms with Gasteiger partial charge in [0, 0.05) is 10.6 Å². The maximum atomic E-state index is 12.6. The van der Waals surface area contributed by atoms with Crippen molar-refractivity contribution in [3.8, 4) is 0 Å². The molecule has 0 spiro atoms. The molecule has 2 aliphatic rings. The second kappa shape index (κ2) is 4.62. The first kappa shape index (κ1) is 12.6. The highest BCUT2D eigenvalue weighted by Crippen LogP contribution is 2.44. The van der Waals surface area contributed by atoms with Gasteiger partial charge in [-0.3, -0.25) is 4.79 Å². The Labute approximate surface area is 116 Å². The molecule has 1 aromatic carbocycles. The van der Waals surface area contributed by atoms with E-state index in [1.54, 1.807) is 6.07 Å². The SMILES string of the molecule is NCC1=N[C@@]2(c3ccccc3Cl)CCC[C@@H](O1)C2=O. The molecule has 19 heavy (non-hydrogen) atoms. The number of carbonyl (C=O) groups is 1. The molecule has 1 heterocycles. The van der Waals surface area contributed by atoms with Gasteiger partial charge >= 0.3 is 0 Å². The van der Waals surface area contributed by atoms with Gasteiger partial charge in [0.1, 0.15) is 0 Å². The Balaban J connectivity index is 2.18. The minimum Gasteiger partial charge on any atom is -0.469 e. The number of nitrogens with zero attached hydrogens (tertiary/aromatic N) is 1. The van der Waals surface area contributed by atoms with Crippen LogP contribution >= 0.6 is 11.6 Å². The second-order valence-electron chi connectivity index (χ2n) is 4.91. The molecule has 1 aromatic rings. The molecule has 1 saturated carbocycles. The summed E-state index contributed by atoms with van der Waals surface area (Å²) in [7, 11) is 0. The van der Waals surface area contributed by atoms with E-state index in [0.29, 0.717) is 17.3 Å². The molecule has 5 heteroatoms. The highest BCUT2D eigenvalue weighted by Gasteiger charge is 2.51. The quantitative estimate of drug-likeness (QED) is 0.900. The van der Waals surface area contributed by atoms with Crippen molar-refractivity contribution in [1.29, 1.82) is 0 Å². The summed E-state index contributed by atoms with van der Waals surface area (Å²) >= 11 is 6.26. The van der Waals surface area contributed by atoms with Crippen LogP contribution in [0.3, 0.4) is 0 Å². The van der Waals surface area contributed by atoms with Gasteiger partial charge in [-0.15, -0.1) is 0 Å². The lowest BCUT2D eigenvalue weighted by molar-refractivity contribution is -0.137. The van der Waals surface area contributed by atoms with Gasteiger partial charge in [-0.2, -0.15) is 0 Å². The van der Waals surface area contributed by atoms with E-state index in [4.69, 9.17) is 22.1 Å². The van der Waals surface area contributed by atoms with Crippen LogP contribution in [0.2, 0.25) is 5.02 Å². The topological polar surface area (TPSA) is 64.7 Å². The summed E-state index contributed by atoms with van der Waals surface area (Å²) in [6.07, 6.45) is 1.85. The van der Waals surface area contributed by atoms with Gasteiger partial charge in [-0.25, -0.2) is 4.99 Å². The van der Waals surface area contributed by atoms with E-state index in [2.05, 4.69) is 4.99 Å². The van der Waals surface area contributed by atoms with Gasteiger partial charge in [-0.05, 0) is 25.3 Å². The number of Topliss-reactive ketones (excluding diaryl/α,β-unsaturated/α-hetero) is 1. The van der Waals surface area contributed by atoms with Crippen LogP contribution in [0, 0.1) is 0 Å². The number of carbonyl (C=O) groups excluding carboxylic acids is 1. The maximum Gasteiger partial charge on any atom is 0.205 e. The fraction of sp³-hybridized carbons (Fsp3) is 0.429. The van der Waals surface area contributed by atoms with Crippen LogP contribution in [0.4, 0.5) is 0 Å². The Hall–Kier alpha value is -1.39. The third-order valence-corrected chi connectivity index (χ3v) is 4.12. The Morgan fingerprint density at radius 3 is 3.00 bits per heavy atom. The van der Waals surface area contributed by atoms with E-state index >= 15 is 0 Å². The third kappa shape index (κ3) is 1.86. The molecule has 100 valence electrons. The highest BCUT2D eigenvalue weighted by atomic mass is 35.5. The lowest BCUT2D eigenvalue weighted by Gasteiger charge is -2.41. The first-order chi connectivity index (χ1) is 9.17. The van der Waals surface area contributed by atoms with E-state index in [9.17, 15) is 4.79 Å². The van der Waals surface area contributed by atoms with Crippen molar-refractivity contribution < 1.29 is 9.53 Å². The molecule has 0 saturated heterocycles. The monoisotopic (exact) mass is 278 g/mol. The fourth-order valence-corrected chi connectivity index (χ4v) is 3.20. The minimum atomic E-state index is -0.895. The van der Waals surface area contributed by atoms with Crippen LogP contribution in [0.25, 0.3) is 0 Å². The zero-order valence-electron chi connectivity index (χ0n) is 10.4. The molecule has 3 rings (SSSR count). The van der Waals surface area contributed by atoms with Gasteiger partial charge in [0.25, 0.3) is 0 Å². The summed E-state index contributed by atoms with van der Waals surface area (Å²) in [4.78, 5) is 17.1. The molecule has 1 aliphatic carbocycles. The first-order valence-electron chi connectivity index (χ1n) is 6.42. The number of halogens is 1. The summed E-state index contributed by atoms with van der Waals surface area (Å²) in [5, 5.41) is 0.568. The number of aliphatic imine (C=N–C) groups is 1. The Morgan fingerprint density at radius 1 is 1.47 bits per heavy atom. The Kier molecular flexibility index (Phi) is 3.07. The summed E-state index contributed by atoms with van der Waals surface area (Å²) in [5.74, 6) is 0.452. The molecular formula is C14H15ClN2O2. The average molecular weight is 279 g/mol. The molecule has 0 aromatic heterocycles. The van der Waals surface area contributed by atoms with Crippen LogP contribution < -0.4 is 5.73 Å². The van der Waals surface area contributed by atoms with Crippen molar-refractivity contribution in [1.82, 2.24) is 0 Å². The van der Waals surface area contributed by atoms with Crippen molar-refractivity contribution >= 4 is 23.3 Å². The van der Waals surface area contributed by atoms with Gasteiger partial charge in [-0.1, -0.05) is 29.8 Å². The van der Waals surface area contributed by atoms with Gasteiger partial charge in [0.2, 0.25) is 5.78 Å². The fourth-order valence-electron chi connectivity index (χ4n) is 2.91. The molecule has 0 amide bonds. The number of nitrogens with two attached hydrogens (primary N) is 1. The van der Waals surface area contributed by atoms with Crippen molar-refractivity contribution in [2.75, 3.05) is 6.54 Å². The Morgan fingerprint density at radius 2 is 2.26 bits per heavy atom. The minimum absolute atomic E-state index is 0.00375. The number of benzene rings is 1. The lowest BCUT2D eigenvalue weighted by atomic mass is 9.74. The van der Waals surface area contributed by atoms with Crippen LogP contribution in [0.1, 0.15) is 24.8 Å². The van der Waals surface area contributed by atoms with E-state index in [1.165, 1.54) is 0 Å². The molecule has 2 bridgehead atoms. The van der Waals surface area contributed by atoms with Crippen LogP contribution in [0.5, 0.6) is 0 Å². The molecule has 1 aliphatic heterocycles. The zero-order valence-corrected chi connectivity index (χ0v) is 11.2. The van der Waals surface area contributed by atoms with E-state index in [-0.39, 0.29) is 12.3 Å². The van der Waals surface area contributed by atoms with Crippen molar-refractivity contribution in [2.45, 2.75) is 30.9 Å². The van der Waals surface area contributed by atoms with Crippen molar-refractivity contribution in [2.24, 2.45) is 10.7 Å². The van der Waals surface area contributed by atoms with Crippen molar-refractivity contribution in [3.63, 3.8) is 0 Å². The first-order valence-corrected chi connectivity index (χ1v) is 6.80. The van der Waals surface area contributed by atoms with Crippen LogP contribution in [-0.2, 0) is 15.1 Å². The largest absolute Gasteiger partial charge is 0.469 e. The number of fused-ring (bicyclic) bond motifs is 2. The maximum absolute atomic E-state index is 12.6. The van der Waals surface area contributed by atoms with Gasteiger partial charge in [0.15, 0.2) is 17.5 Å². The summed E-state index contributed by atoms with van der Waals surface area (Å²) in [6, 6.07) is 7.38. The Bertz CT molecular complexity index is 558. The second-order valence-corrected chi connectivity index (χ2v) is 5.32. The van der Waals surface area contributed by atoms with E-state index in [0.717, 1.165) is 18.4 Å². The number of ketones is 1. The van der Waals surface area contributed by atoms with Gasteiger partial charge < -0.3 is 10.5 Å². The number of rotatable bonds is 2. The zero-order chi connectivity index (χ0) is 13.5. The number of hydrogen-bond donors (Lipinski definition) is 1. The van der Waals surface area contributed by atoms with E-state index in [1.807, 2.05) is 18.2 Å². The van der Waals surface area contributed by atoms with E-state index < -0.39 is 11.6 Å². The normalized spacial score (nSPS) is 29.7. The summed E-state index contributed by atoms with van der Waals surface area (Å²) in [6.45, 7) is 0.204. The highest BCUT2D eigenvalue weighted by molar-refractivity contribution is 6.32. The molecule has 4 nitrogen and oxygen atoms in total. The van der Waals surface area contributed by atoms with Crippen LogP contribution in [-0.4, -0.2) is 24.3 Å². The number of ether oxygens (including phenoxy) is 1. The third-order valence-electron chi connectivity index (χ3n) is 3.79. The number of hydrogen-bond acceptors (Lipinski definition) is 4. The van der Waals surface area contributed by atoms with Crippen molar-refractivity contribution in [3.05, 3.63) is 34.9 Å². The average Bonchev–Trinajstić information content (AvgIpc) is 2.40. The lowest BCUT2D eigenvalue weighted by Crippen LogP contribution is -2.52. The molecule has 1 fully saturated rings. The molecule has 2 atom stereocenters. The summed E-state index contributed by atoms with van der Waals surface area (Å²) < 4.78 is 5.54. The molecular weight excluding hydrogens is 264 g/mol. The van der Waals surface area contributed by atoms with Crippen LogP contribution in [0.15, 0.2) is 29.3 Å². The molecule has 2 N–H and O–H groups in total.